The molecule has 0 aliphatic rings. The summed E-state index contributed by atoms with van der Waals surface area (Å²) in [6.07, 6.45) is 3.45. The Morgan fingerprint density at radius 3 is 2.81 bits per heavy atom. The predicted molar refractivity (Wildman–Crippen MR) is 87.7 cm³/mol. The molecule has 1 amide bonds. The molecule has 0 bridgehead atoms. The Morgan fingerprint density at radius 2 is 2.19 bits per heavy atom. The first-order valence-corrected chi connectivity index (χ1v) is 8.26. The summed E-state index contributed by atoms with van der Waals surface area (Å²) >= 11 is 3.06. The van der Waals surface area contributed by atoms with Crippen molar-refractivity contribution in [2.24, 2.45) is 7.05 Å². The van der Waals surface area contributed by atoms with E-state index in [4.69, 9.17) is 0 Å². The maximum atomic E-state index is 11.7. The minimum absolute atomic E-state index is 0.00412. The van der Waals surface area contributed by atoms with E-state index in [9.17, 15) is 4.79 Å². The Hall–Kier alpha value is -1.73. The molecule has 0 aliphatic carbocycles. The molecule has 0 saturated heterocycles. The summed E-state index contributed by atoms with van der Waals surface area (Å²) in [5.41, 5.74) is 0.793. The first-order chi connectivity index (χ1) is 10.2. The second-order valence-corrected chi connectivity index (χ2v) is 6.27. The Morgan fingerprint density at radius 1 is 1.43 bits per heavy atom. The van der Waals surface area contributed by atoms with E-state index in [0.717, 1.165) is 21.5 Å². The predicted octanol–water partition coefficient (Wildman–Crippen LogP) is 2.82. The molecule has 1 heterocycles. The summed E-state index contributed by atoms with van der Waals surface area (Å²) in [6.45, 7) is 3.62. The van der Waals surface area contributed by atoms with Gasteiger partial charge in [0.05, 0.1) is 5.75 Å². The van der Waals surface area contributed by atoms with E-state index in [-0.39, 0.29) is 5.91 Å². The van der Waals surface area contributed by atoms with Crippen LogP contribution in [-0.2, 0) is 11.8 Å². The van der Waals surface area contributed by atoms with Gasteiger partial charge in [0.25, 0.3) is 0 Å². The number of nitrogens with one attached hydrogen (secondary N) is 1. The second kappa shape index (κ2) is 7.90. The van der Waals surface area contributed by atoms with E-state index in [0.29, 0.717) is 5.75 Å². The number of aryl methyl sites for hydroxylation is 1. The summed E-state index contributed by atoms with van der Waals surface area (Å²) in [5, 5.41) is 11.5. The first kappa shape index (κ1) is 15.7. The average molecular weight is 320 g/mol. The number of carbonyl (C=O) groups is 1. The van der Waals surface area contributed by atoms with Gasteiger partial charge in [0.2, 0.25) is 5.91 Å². The van der Waals surface area contributed by atoms with Gasteiger partial charge >= 0.3 is 0 Å². The van der Waals surface area contributed by atoms with E-state index >= 15 is 0 Å². The monoisotopic (exact) mass is 320 g/mol. The zero-order valence-electron chi connectivity index (χ0n) is 11.7. The number of nitrogens with zero attached hydrogens (tertiary/aromatic N) is 3. The number of anilines is 1. The zero-order valence-corrected chi connectivity index (χ0v) is 13.3. The molecule has 21 heavy (non-hydrogen) atoms. The van der Waals surface area contributed by atoms with Crippen molar-refractivity contribution in [1.82, 2.24) is 14.8 Å². The van der Waals surface area contributed by atoms with E-state index in [1.54, 1.807) is 12.4 Å². The lowest BCUT2D eigenvalue weighted by atomic mass is 10.3. The van der Waals surface area contributed by atoms with Gasteiger partial charge in [-0.3, -0.25) is 4.79 Å². The van der Waals surface area contributed by atoms with E-state index in [1.807, 2.05) is 35.9 Å². The first-order valence-electron chi connectivity index (χ1n) is 6.29. The summed E-state index contributed by atoms with van der Waals surface area (Å²) < 4.78 is 1.86. The van der Waals surface area contributed by atoms with Crippen LogP contribution in [0, 0.1) is 0 Å². The largest absolute Gasteiger partial charge is 0.325 e. The Balaban J connectivity index is 1.88. The van der Waals surface area contributed by atoms with Crippen LogP contribution < -0.4 is 5.32 Å². The lowest BCUT2D eigenvalue weighted by molar-refractivity contribution is -0.113. The Kier molecular flexibility index (Phi) is 5.89. The fourth-order valence-corrected chi connectivity index (χ4v) is 2.81. The lowest BCUT2D eigenvalue weighted by Gasteiger charge is -2.06. The smallest absolute Gasteiger partial charge is 0.234 e. The van der Waals surface area contributed by atoms with E-state index in [2.05, 4.69) is 22.1 Å². The summed E-state index contributed by atoms with van der Waals surface area (Å²) in [6, 6.07) is 7.67. The minimum Gasteiger partial charge on any atom is -0.325 e. The fraction of sp³-hybridized carbons (Fsp3) is 0.214. The highest BCUT2D eigenvalue weighted by Crippen LogP contribution is 2.26. The van der Waals surface area contributed by atoms with Crippen LogP contribution in [0.2, 0.25) is 0 Å². The highest BCUT2D eigenvalue weighted by molar-refractivity contribution is 8.00. The van der Waals surface area contributed by atoms with Crippen molar-refractivity contribution >= 4 is 35.1 Å². The third kappa shape index (κ3) is 4.95. The van der Waals surface area contributed by atoms with Crippen molar-refractivity contribution in [3.8, 4) is 0 Å². The molecule has 0 fully saturated rings. The molecule has 2 rings (SSSR count). The summed E-state index contributed by atoms with van der Waals surface area (Å²) in [5.74, 6) is 1.21. The standard InChI is InChI=1S/C14H16N4OS2/c1-3-8-20-9-13(19)16-11-4-6-12(7-5-11)21-14-17-15-10-18(14)2/h3-7,10H,1,8-9H2,2H3,(H,16,19). The average Bonchev–Trinajstić information content (AvgIpc) is 2.87. The number of aromatic nitrogens is 3. The molecule has 0 radical (unpaired) electrons. The van der Waals surface area contributed by atoms with Gasteiger partial charge in [-0.2, -0.15) is 0 Å². The maximum absolute atomic E-state index is 11.7. The van der Waals surface area contributed by atoms with Crippen molar-refractivity contribution in [2.45, 2.75) is 10.1 Å². The Bertz CT molecular complexity index is 610. The number of thioether (sulfide) groups is 1. The molecule has 2 aromatic rings. The van der Waals surface area contributed by atoms with Crippen molar-refractivity contribution in [1.29, 1.82) is 0 Å². The van der Waals surface area contributed by atoms with Crippen LogP contribution in [0.25, 0.3) is 0 Å². The van der Waals surface area contributed by atoms with Crippen LogP contribution >= 0.6 is 23.5 Å². The fourth-order valence-electron chi connectivity index (χ4n) is 1.51. The van der Waals surface area contributed by atoms with Crippen LogP contribution in [-0.4, -0.2) is 32.2 Å². The molecule has 110 valence electrons. The van der Waals surface area contributed by atoms with Gasteiger partial charge in [-0.15, -0.1) is 28.5 Å². The van der Waals surface area contributed by atoms with E-state index in [1.165, 1.54) is 23.5 Å². The Labute approximate surface area is 132 Å². The number of hydrogen-bond donors (Lipinski definition) is 1. The highest BCUT2D eigenvalue weighted by Gasteiger charge is 2.05. The number of rotatable bonds is 7. The van der Waals surface area contributed by atoms with Gasteiger partial charge in [0.15, 0.2) is 5.16 Å². The number of carbonyl (C=O) groups excluding carboxylic acids is 1. The highest BCUT2D eigenvalue weighted by atomic mass is 32.2. The number of hydrogen-bond acceptors (Lipinski definition) is 5. The quantitative estimate of drug-likeness (QED) is 0.628. The lowest BCUT2D eigenvalue weighted by Crippen LogP contribution is -2.14. The third-order valence-electron chi connectivity index (χ3n) is 2.49. The van der Waals surface area contributed by atoms with E-state index < -0.39 is 0 Å². The molecular weight excluding hydrogens is 304 g/mol. The van der Waals surface area contributed by atoms with Crippen molar-refractivity contribution in [3.05, 3.63) is 43.2 Å². The van der Waals surface area contributed by atoms with Crippen LogP contribution in [0.1, 0.15) is 0 Å². The van der Waals surface area contributed by atoms with Crippen LogP contribution in [0.4, 0.5) is 5.69 Å². The van der Waals surface area contributed by atoms with Gasteiger partial charge in [-0.25, -0.2) is 0 Å². The maximum Gasteiger partial charge on any atom is 0.234 e. The van der Waals surface area contributed by atoms with Crippen molar-refractivity contribution in [2.75, 3.05) is 16.8 Å². The van der Waals surface area contributed by atoms with Crippen molar-refractivity contribution in [3.63, 3.8) is 0 Å². The van der Waals surface area contributed by atoms with Crippen molar-refractivity contribution < 1.29 is 4.79 Å². The molecule has 0 aliphatic heterocycles. The number of benzene rings is 1. The zero-order chi connectivity index (χ0) is 15.1. The van der Waals surface area contributed by atoms with Crippen LogP contribution in [0.15, 0.2) is 53.3 Å². The van der Waals surface area contributed by atoms with Gasteiger partial charge in [-0.1, -0.05) is 6.08 Å². The topological polar surface area (TPSA) is 59.8 Å². The molecule has 0 saturated carbocycles. The molecular formula is C14H16N4OS2. The van der Waals surface area contributed by atoms with Gasteiger partial charge in [0, 0.05) is 23.4 Å². The molecule has 0 spiro atoms. The molecule has 5 nitrogen and oxygen atoms in total. The molecule has 7 heteroatoms. The SMILES string of the molecule is C=CCSCC(=O)Nc1ccc(Sc2nncn2C)cc1. The number of amides is 1. The molecule has 1 aromatic heterocycles. The summed E-state index contributed by atoms with van der Waals surface area (Å²) in [4.78, 5) is 12.7. The molecule has 1 aromatic carbocycles. The molecule has 0 unspecified atom stereocenters. The molecule has 1 N–H and O–H groups in total. The summed E-state index contributed by atoms with van der Waals surface area (Å²) in [7, 11) is 1.90. The van der Waals surface area contributed by atoms with Gasteiger partial charge in [0.1, 0.15) is 6.33 Å². The second-order valence-electron chi connectivity index (χ2n) is 4.20. The van der Waals surface area contributed by atoms with Gasteiger partial charge < -0.3 is 9.88 Å². The van der Waals surface area contributed by atoms with Crippen LogP contribution in [0.3, 0.4) is 0 Å². The van der Waals surface area contributed by atoms with Gasteiger partial charge in [-0.05, 0) is 36.0 Å². The van der Waals surface area contributed by atoms with Crippen LogP contribution in [0.5, 0.6) is 0 Å². The third-order valence-corrected chi connectivity index (χ3v) is 4.48. The molecule has 0 atom stereocenters. The normalized spacial score (nSPS) is 10.3. The minimum atomic E-state index is -0.00412.